The molecule has 0 saturated heterocycles. The Morgan fingerprint density at radius 3 is 2.67 bits per heavy atom. The van der Waals surface area contributed by atoms with E-state index in [1.54, 1.807) is 7.11 Å². The average Bonchev–Trinajstić information content (AvgIpc) is 2.55. The van der Waals surface area contributed by atoms with E-state index in [4.69, 9.17) is 21.1 Å². The van der Waals surface area contributed by atoms with E-state index < -0.39 is 0 Å². The predicted molar refractivity (Wildman–Crippen MR) is 112 cm³/mol. The second kappa shape index (κ2) is 14.7. The van der Waals surface area contributed by atoms with Gasteiger partial charge in [0, 0.05) is 45.4 Å². The molecule has 1 aromatic rings. The summed E-state index contributed by atoms with van der Waals surface area (Å²) < 4.78 is 10.4. The van der Waals surface area contributed by atoms with Gasteiger partial charge >= 0.3 is 0 Å². The average molecular weight is 470 g/mol. The lowest BCUT2D eigenvalue weighted by Crippen LogP contribution is -2.38. The summed E-state index contributed by atoms with van der Waals surface area (Å²) in [4.78, 5) is 6.71. The number of aliphatic imine (C=N–C) groups is 1. The highest BCUT2D eigenvalue weighted by molar-refractivity contribution is 14.0. The van der Waals surface area contributed by atoms with Crippen LogP contribution in [0.3, 0.4) is 0 Å². The Hall–Kier alpha value is -0.570. The van der Waals surface area contributed by atoms with Crippen molar-refractivity contribution in [3.05, 3.63) is 34.9 Å². The third-order valence-electron chi connectivity index (χ3n) is 3.20. The van der Waals surface area contributed by atoms with Crippen molar-refractivity contribution in [2.45, 2.75) is 19.9 Å². The normalized spacial score (nSPS) is 11.1. The van der Waals surface area contributed by atoms with Crippen LogP contribution in [0.25, 0.3) is 0 Å². The van der Waals surface area contributed by atoms with Crippen molar-refractivity contribution in [3.8, 4) is 0 Å². The van der Waals surface area contributed by atoms with Crippen LogP contribution in [0.15, 0.2) is 29.3 Å². The number of ether oxygens (including phenoxy) is 2. The van der Waals surface area contributed by atoms with Gasteiger partial charge in [0.05, 0.1) is 13.2 Å². The number of hydrogen-bond donors (Lipinski definition) is 1. The Morgan fingerprint density at radius 2 is 2.00 bits per heavy atom. The van der Waals surface area contributed by atoms with Crippen LogP contribution in [0.2, 0.25) is 5.02 Å². The van der Waals surface area contributed by atoms with Crippen LogP contribution in [0.5, 0.6) is 0 Å². The monoisotopic (exact) mass is 469 g/mol. The van der Waals surface area contributed by atoms with E-state index in [1.807, 2.05) is 31.3 Å². The fourth-order valence-electron chi connectivity index (χ4n) is 2.02. The summed E-state index contributed by atoms with van der Waals surface area (Å²) in [7, 11) is 3.69. The van der Waals surface area contributed by atoms with Gasteiger partial charge in [0.1, 0.15) is 0 Å². The minimum Gasteiger partial charge on any atom is -0.382 e. The third kappa shape index (κ3) is 9.66. The van der Waals surface area contributed by atoms with Gasteiger partial charge in [0.2, 0.25) is 0 Å². The van der Waals surface area contributed by atoms with Crippen LogP contribution in [-0.4, -0.2) is 57.9 Å². The number of rotatable bonds is 10. The second-order valence-corrected chi connectivity index (χ2v) is 5.55. The van der Waals surface area contributed by atoms with Gasteiger partial charge in [-0.05, 0) is 25.0 Å². The molecule has 0 radical (unpaired) electrons. The van der Waals surface area contributed by atoms with Crippen molar-refractivity contribution < 1.29 is 9.47 Å². The lowest BCUT2D eigenvalue weighted by Gasteiger charge is -2.22. The summed E-state index contributed by atoms with van der Waals surface area (Å²) >= 11 is 6.22. The van der Waals surface area contributed by atoms with Gasteiger partial charge in [-0.25, -0.2) is 0 Å². The van der Waals surface area contributed by atoms with Crippen molar-refractivity contribution in [2.24, 2.45) is 4.99 Å². The van der Waals surface area contributed by atoms with Crippen molar-refractivity contribution >= 4 is 41.5 Å². The molecule has 1 aromatic carbocycles. The lowest BCUT2D eigenvalue weighted by molar-refractivity contribution is 0.0702. The number of methoxy groups -OCH3 is 1. The highest BCUT2D eigenvalue weighted by atomic mass is 127. The molecule has 0 saturated carbocycles. The smallest absolute Gasteiger partial charge is 0.193 e. The van der Waals surface area contributed by atoms with Crippen LogP contribution in [0.4, 0.5) is 0 Å². The number of hydrogen-bond acceptors (Lipinski definition) is 3. The number of guanidine groups is 1. The van der Waals surface area contributed by atoms with Crippen LogP contribution in [0.1, 0.15) is 18.9 Å². The molecule has 0 amide bonds. The van der Waals surface area contributed by atoms with Gasteiger partial charge in [0.15, 0.2) is 5.96 Å². The molecule has 7 heteroatoms. The zero-order valence-corrected chi connectivity index (χ0v) is 17.8. The topological polar surface area (TPSA) is 46.1 Å². The molecule has 24 heavy (non-hydrogen) atoms. The first-order valence-electron chi connectivity index (χ1n) is 7.98. The molecule has 0 aromatic heterocycles. The molecular formula is C17H29ClIN3O2. The van der Waals surface area contributed by atoms with E-state index in [-0.39, 0.29) is 24.0 Å². The van der Waals surface area contributed by atoms with Crippen molar-refractivity contribution in [2.75, 3.05) is 47.1 Å². The molecule has 1 N–H and O–H groups in total. The molecular weight excluding hydrogens is 441 g/mol. The molecule has 5 nitrogen and oxygen atoms in total. The van der Waals surface area contributed by atoms with Crippen LogP contribution < -0.4 is 5.32 Å². The minimum atomic E-state index is 0. The minimum absolute atomic E-state index is 0. The Bertz CT molecular complexity index is 475. The zero-order chi connectivity index (χ0) is 16.9. The van der Waals surface area contributed by atoms with E-state index in [9.17, 15) is 0 Å². The Morgan fingerprint density at radius 1 is 1.25 bits per heavy atom. The zero-order valence-electron chi connectivity index (χ0n) is 14.8. The summed E-state index contributed by atoms with van der Waals surface area (Å²) in [5.74, 6) is 0.879. The van der Waals surface area contributed by atoms with Gasteiger partial charge in [-0.1, -0.05) is 29.8 Å². The van der Waals surface area contributed by atoms with E-state index in [0.717, 1.165) is 42.6 Å². The van der Waals surface area contributed by atoms with Crippen LogP contribution in [0, 0.1) is 0 Å². The molecule has 0 aliphatic rings. The lowest BCUT2D eigenvalue weighted by atomic mass is 10.2. The maximum Gasteiger partial charge on any atom is 0.193 e. The largest absolute Gasteiger partial charge is 0.382 e. The highest BCUT2D eigenvalue weighted by Crippen LogP contribution is 2.16. The molecule has 0 fully saturated rings. The van der Waals surface area contributed by atoms with Gasteiger partial charge < -0.3 is 19.7 Å². The van der Waals surface area contributed by atoms with Crippen LogP contribution >= 0.6 is 35.6 Å². The van der Waals surface area contributed by atoms with Gasteiger partial charge in [0.25, 0.3) is 0 Å². The van der Waals surface area contributed by atoms with E-state index in [1.165, 1.54) is 0 Å². The highest BCUT2D eigenvalue weighted by Gasteiger charge is 2.08. The molecule has 1 rings (SSSR count). The van der Waals surface area contributed by atoms with Gasteiger partial charge in [-0.15, -0.1) is 24.0 Å². The van der Waals surface area contributed by atoms with E-state index in [0.29, 0.717) is 19.8 Å². The van der Waals surface area contributed by atoms with Crippen molar-refractivity contribution in [1.82, 2.24) is 10.2 Å². The number of nitrogens with one attached hydrogen (secondary N) is 1. The Labute approximate surface area is 167 Å². The SMILES string of the molecule is CCNC(=NCCCOCCOC)N(C)Cc1ccccc1Cl.I. The summed E-state index contributed by atoms with van der Waals surface area (Å²) in [5, 5.41) is 4.08. The summed E-state index contributed by atoms with van der Waals surface area (Å²) in [6.45, 7) is 6.29. The maximum absolute atomic E-state index is 6.22. The quantitative estimate of drug-likeness (QED) is 0.247. The fraction of sp³-hybridized carbons (Fsp3) is 0.588. The molecule has 0 aliphatic carbocycles. The Balaban J connectivity index is 0.00000529. The standard InChI is InChI=1S/C17H28ClN3O2.HI/c1-4-19-17(20-10-7-11-23-13-12-22-3)21(2)14-15-8-5-6-9-16(15)18;/h5-6,8-9H,4,7,10-14H2,1-3H3,(H,19,20);1H. The van der Waals surface area contributed by atoms with Gasteiger partial charge in [-0.2, -0.15) is 0 Å². The number of benzene rings is 1. The molecule has 0 unspecified atom stereocenters. The van der Waals surface area contributed by atoms with E-state index in [2.05, 4.69) is 22.1 Å². The first-order chi connectivity index (χ1) is 11.2. The fourth-order valence-corrected chi connectivity index (χ4v) is 2.22. The maximum atomic E-state index is 6.22. The summed E-state index contributed by atoms with van der Waals surface area (Å²) in [5.41, 5.74) is 1.09. The number of nitrogens with zero attached hydrogens (tertiary/aromatic N) is 2. The molecule has 0 spiro atoms. The summed E-state index contributed by atoms with van der Waals surface area (Å²) in [6, 6.07) is 7.88. The Kier molecular flexibility index (Phi) is 14.4. The van der Waals surface area contributed by atoms with Crippen LogP contribution in [-0.2, 0) is 16.0 Å². The first-order valence-corrected chi connectivity index (χ1v) is 8.36. The summed E-state index contributed by atoms with van der Waals surface area (Å²) in [6.07, 6.45) is 0.887. The molecule has 0 atom stereocenters. The molecule has 0 aliphatic heterocycles. The molecule has 0 bridgehead atoms. The molecule has 0 heterocycles. The van der Waals surface area contributed by atoms with Crippen molar-refractivity contribution in [3.63, 3.8) is 0 Å². The first kappa shape index (κ1) is 23.4. The number of halogens is 2. The second-order valence-electron chi connectivity index (χ2n) is 5.14. The predicted octanol–water partition coefficient (Wildman–Crippen LogP) is 3.41. The van der Waals surface area contributed by atoms with Crippen molar-refractivity contribution in [1.29, 1.82) is 0 Å². The van der Waals surface area contributed by atoms with E-state index >= 15 is 0 Å². The molecule has 138 valence electrons. The third-order valence-corrected chi connectivity index (χ3v) is 3.57. The van der Waals surface area contributed by atoms with Gasteiger partial charge in [-0.3, -0.25) is 4.99 Å².